The lowest BCUT2D eigenvalue weighted by Crippen LogP contribution is -3.14. The lowest BCUT2D eigenvalue weighted by molar-refractivity contribution is -0.908. The zero-order chi connectivity index (χ0) is 19.9. The number of carbonyl (C=O) groups is 1. The Morgan fingerprint density at radius 3 is 2.86 bits per heavy atom. The van der Waals surface area contributed by atoms with E-state index in [4.69, 9.17) is 9.72 Å². The summed E-state index contributed by atoms with van der Waals surface area (Å²) >= 11 is 1.35. The van der Waals surface area contributed by atoms with E-state index in [2.05, 4.69) is 5.32 Å². The molecule has 7 nitrogen and oxygen atoms in total. The van der Waals surface area contributed by atoms with Crippen molar-refractivity contribution >= 4 is 28.6 Å². The Kier molecular flexibility index (Phi) is 7.47. The molecule has 1 aromatic carbocycles. The molecule has 0 bridgehead atoms. The van der Waals surface area contributed by atoms with Crippen LogP contribution in [0.1, 0.15) is 20.3 Å². The molecular weight excluding hydrogens is 376 g/mol. The van der Waals surface area contributed by atoms with Crippen LogP contribution in [0.4, 0.5) is 0 Å². The third-order valence-corrected chi connectivity index (χ3v) is 6.03. The standard InChI is InChI=1S/C20H28N4O3S/c1-3-21-18(25)15(2)28-20-22-17-8-5-4-7-16(17)19(26)24(20)10-6-9-23-11-13-27-14-12-23/h4-5,7-8,15H,3,6,9-14H2,1-2H3,(H,21,25)/p+1/t15-/m0/s1. The average Bonchev–Trinajstić information content (AvgIpc) is 2.71. The summed E-state index contributed by atoms with van der Waals surface area (Å²) in [6, 6.07) is 7.40. The molecule has 8 heteroatoms. The van der Waals surface area contributed by atoms with Gasteiger partial charge in [0.2, 0.25) is 5.91 Å². The highest BCUT2D eigenvalue weighted by Gasteiger charge is 2.20. The van der Waals surface area contributed by atoms with Gasteiger partial charge in [-0.2, -0.15) is 0 Å². The normalized spacial score (nSPS) is 16.2. The number of morpholine rings is 1. The van der Waals surface area contributed by atoms with Crippen LogP contribution in [-0.4, -0.2) is 60.1 Å². The lowest BCUT2D eigenvalue weighted by Gasteiger charge is -2.24. The molecule has 2 N–H and O–H groups in total. The number of amides is 1. The van der Waals surface area contributed by atoms with Gasteiger partial charge in [-0.3, -0.25) is 14.2 Å². The van der Waals surface area contributed by atoms with Gasteiger partial charge in [0, 0.05) is 19.5 Å². The molecule has 1 aromatic heterocycles. The molecule has 0 unspecified atom stereocenters. The van der Waals surface area contributed by atoms with Crippen LogP contribution in [0.5, 0.6) is 0 Å². The Morgan fingerprint density at radius 2 is 2.11 bits per heavy atom. The van der Waals surface area contributed by atoms with E-state index in [9.17, 15) is 9.59 Å². The number of quaternary nitrogens is 1. The number of carbonyl (C=O) groups excluding carboxylic acids is 1. The number of hydrogen-bond acceptors (Lipinski definition) is 5. The van der Waals surface area contributed by atoms with Gasteiger partial charge in [0.05, 0.1) is 35.9 Å². The van der Waals surface area contributed by atoms with Crippen molar-refractivity contribution in [1.29, 1.82) is 0 Å². The number of aromatic nitrogens is 2. The van der Waals surface area contributed by atoms with Gasteiger partial charge in [-0.1, -0.05) is 23.9 Å². The van der Waals surface area contributed by atoms with Crippen LogP contribution in [0.3, 0.4) is 0 Å². The van der Waals surface area contributed by atoms with Gasteiger partial charge in [-0.05, 0) is 26.0 Å². The summed E-state index contributed by atoms with van der Waals surface area (Å²) in [7, 11) is 0. The van der Waals surface area contributed by atoms with E-state index in [0.29, 0.717) is 29.1 Å². The van der Waals surface area contributed by atoms with Crippen molar-refractivity contribution < 1.29 is 14.4 Å². The molecule has 1 fully saturated rings. The second kappa shape index (κ2) is 10.0. The van der Waals surface area contributed by atoms with Crippen LogP contribution in [0.15, 0.2) is 34.2 Å². The maximum absolute atomic E-state index is 13.1. The molecule has 2 aromatic rings. The number of rotatable bonds is 8. The molecule has 2 heterocycles. The fourth-order valence-electron chi connectivity index (χ4n) is 3.36. The molecule has 0 saturated carbocycles. The predicted octanol–water partition coefficient (Wildman–Crippen LogP) is 0.318. The van der Waals surface area contributed by atoms with E-state index in [1.807, 2.05) is 38.1 Å². The molecule has 1 aliphatic heterocycles. The van der Waals surface area contributed by atoms with Crippen LogP contribution in [0.25, 0.3) is 10.9 Å². The Morgan fingerprint density at radius 1 is 1.36 bits per heavy atom. The molecule has 152 valence electrons. The summed E-state index contributed by atoms with van der Waals surface area (Å²) in [6.45, 7) is 9.57. The van der Waals surface area contributed by atoms with Crippen molar-refractivity contribution in [3.63, 3.8) is 0 Å². The third kappa shape index (κ3) is 5.12. The summed E-state index contributed by atoms with van der Waals surface area (Å²) in [6.07, 6.45) is 0.887. The Balaban J connectivity index is 1.81. The van der Waals surface area contributed by atoms with Gasteiger partial charge < -0.3 is 15.0 Å². The molecule has 0 aliphatic carbocycles. The summed E-state index contributed by atoms with van der Waals surface area (Å²) in [5, 5.41) is 3.75. The summed E-state index contributed by atoms with van der Waals surface area (Å²) < 4.78 is 7.15. The predicted molar refractivity (Wildman–Crippen MR) is 111 cm³/mol. The van der Waals surface area contributed by atoms with Crippen molar-refractivity contribution in [1.82, 2.24) is 14.9 Å². The van der Waals surface area contributed by atoms with Crippen molar-refractivity contribution in [3.05, 3.63) is 34.6 Å². The Bertz CT molecular complexity index is 864. The SMILES string of the molecule is CCNC(=O)[C@H](C)Sc1nc2ccccc2c(=O)n1CCC[NH+]1CCOCC1. The topological polar surface area (TPSA) is 77.7 Å². The number of thioether (sulfide) groups is 1. The highest BCUT2D eigenvalue weighted by atomic mass is 32.2. The second-order valence-corrected chi connectivity index (χ2v) is 8.30. The molecule has 3 rings (SSSR count). The molecule has 1 aliphatic rings. The lowest BCUT2D eigenvalue weighted by atomic mass is 10.2. The minimum atomic E-state index is -0.316. The molecule has 0 spiro atoms. The van der Waals surface area contributed by atoms with Crippen LogP contribution >= 0.6 is 11.8 Å². The number of nitrogens with one attached hydrogen (secondary N) is 2. The Labute approximate surface area is 169 Å². The monoisotopic (exact) mass is 405 g/mol. The second-order valence-electron chi connectivity index (χ2n) is 6.99. The van der Waals surface area contributed by atoms with E-state index in [0.717, 1.165) is 39.3 Å². The zero-order valence-corrected chi connectivity index (χ0v) is 17.4. The van der Waals surface area contributed by atoms with E-state index in [-0.39, 0.29) is 16.7 Å². The summed E-state index contributed by atoms with van der Waals surface area (Å²) in [4.78, 5) is 31.5. The van der Waals surface area contributed by atoms with Gasteiger partial charge in [0.15, 0.2) is 5.16 Å². The average molecular weight is 406 g/mol. The van der Waals surface area contributed by atoms with Crippen LogP contribution in [0.2, 0.25) is 0 Å². The Hall–Kier alpha value is -1.90. The number of nitrogens with zero attached hydrogens (tertiary/aromatic N) is 2. The van der Waals surface area contributed by atoms with Crippen LogP contribution in [-0.2, 0) is 16.1 Å². The minimum Gasteiger partial charge on any atom is -0.370 e. The summed E-state index contributed by atoms with van der Waals surface area (Å²) in [5.41, 5.74) is 0.640. The number of para-hydroxylation sites is 1. The van der Waals surface area contributed by atoms with Crippen molar-refractivity contribution in [2.75, 3.05) is 39.4 Å². The van der Waals surface area contributed by atoms with Crippen molar-refractivity contribution in [3.8, 4) is 0 Å². The van der Waals surface area contributed by atoms with Gasteiger partial charge in [-0.25, -0.2) is 4.98 Å². The van der Waals surface area contributed by atoms with Crippen molar-refractivity contribution in [2.24, 2.45) is 0 Å². The van der Waals surface area contributed by atoms with Gasteiger partial charge >= 0.3 is 0 Å². The number of hydrogen-bond donors (Lipinski definition) is 2. The first kappa shape index (κ1) is 20.8. The number of fused-ring (bicyclic) bond motifs is 1. The van der Waals surface area contributed by atoms with E-state index < -0.39 is 0 Å². The molecular formula is C20H29N4O3S+. The van der Waals surface area contributed by atoms with Gasteiger partial charge in [0.25, 0.3) is 5.56 Å². The molecule has 1 amide bonds. The molecule has 1 saturated heterocycles. The fourth-order valence-corrected chi connectivity index (χ4v) is 4.32. The fraction of sp³-hybridized carbons (Fsp3) is 0.550. The first-order valence-corrected chi connectivity index (χ1v) is 10.8. The minimum absolute atomic E-state index is 0.0341. The van der Waals surface area contributed by atoms with Gasteiger partial charge in [0.1, 0.15) is 13.1 Å². The van der Waals surface area contributed by atoms with Crippen LogP contribution < -0.4 is 15.8 Å². The highest BCUT2D eigenvalue weighted by molar-refractivity contribution is 8.00. The maximum Gasteiger partial charge on any atom is 0.262 e. The molecule has 1 atom stereocenters. The maximum atomic E-state index is 13.1. The quantitative estimate of drug-likeness (QED) is 0.489. The first-order valence-electron chi connectivity index (χ1n) is 9.95. The smallest absolute Gasteiger partial charge is 0.262 e. The van der Waals surface area contributed by atoms with Crippen molar-refractivity contribution in [2.45, 2.75) is 37.2 Å². The summed E-state index contributed by atoms with van der Waals surface area (Å²) in [5.74, 6) is -0.0424. The highest BCUT2D eigenvalue weighted by Crippen LogP contribution is 2.22. The largest absolute Gasteiger partial charge is 0.370 e. The van der Waals surface area contributed by atoms with Crippen LogP contribution in [0, 0.1) is 0 Å². The zero-order valence-electron chi connectivity index (χ0n) is 16.6. The van der Waals surface area contributed by atoms with E-state index in [1.54, 1.807) is 4.57 Å². The first-order chi connectivity index (χ1) is 13.6. The third-order valence-electron chi connectivity index (χ3n) is 4.94. The number of ether oxygens (including phenoxy) is 1. The van der Waals surface area contributed by atoms with Gasteiger partial charge in [-0.15, -0.1) is 0 Å². The van der Waals surface area contributed by atoms with E-state index in [1.165, 1.54) is 16.7 Å². The van der Waals surface area contributed by atoms with E-state index >= 15 is 0 Å². The molecule has 28 heavy (non-hydrogen) atoms. The number of benzene rings is 1. The molecule has 0 radical (unpaired) electrons.